The minimum absolute atomic E-state index is 0.0827. The van der Waals surface area contributed by atoms with E-state index >= 15 is 0 Å². The van der Waals surface area contributed by atoms with Gasteiger partial charge in [-0.25, -0.2) is 8.42 Å². The number of amides is 1. The van der Waals surface area contributed by atoms with Gasteiger partial charge in [0.1, 0.15) is 4.21 Å². The Morgan fingerprint density at radius 1 is 1.07 bits per heavy atom. The highest BCUT2D eigenvalue weighted by molar-refractivity contribution is 7.94. The predicted molar refractivity (Wildman–Crippen MR) is 107 cm³/mol. The van der Waals surface area contributed by atoms with Crippen molar-refractivity contribution in [3.8, 4) is 0 Å². The van der Waals surface area contributed by atoms with Crippen molar-refractivity contribution >= 4 is 44.3 Å². The van der Waals surface area contributed by atoms with Crippen LogP contribution in [0.15, 0.2) is 64.2 Å². The zero-order chi connectivity index (χ0) is 20.3. The SMILES string of the molecule is Cc1cc(C(=O)Nc2ccccc2NS(=O)(=O)c2cccs2)ccc1[N+](=O)[O-]. The summed E-state index contributed by atoms with van der Waals surface area (Å²) in [7, 11) is -3.77. The summed E-state index contributed by atoms with van der Waals surface area (Å²) in [5.41, 5.74) is 0.968. The van der Waals surface area contributed by atoms with Gasteiger partial charge in [-0.05, 0) is 42.6 Å². The molecule has 1 aromatic heterocycles. The van der Waals surface area contributed by atoms with E-state index < -0.39 is 20.9 Å². The highest BCUT2D eigenvalue weighted by Gasteiger charge is 2.19. The number of nitro benzene ring substituents is 1. The molecule has 0 unspecified atom stereocenters. The third kappa shape index (κ3) is 4.18. The van der Waals surface area contributed by atoms with Crippen LogP contribution >= 0.6 is 11.3 Å². The summed E-state index contributed by atoms with van der Waals surface area (Å²) in [6.07, 6.45) is 0. The van der Waals surface area contributed by atoms with E-state index in [1.165, 1.54) is 37.3 Å². The summed E-state index contributed by atoms with van der Waals surface area (Å²) in [6, 6.07) is 13.5. The quantitative estimate of drug-likeness (QED) is 0.464. The Morgan fingerprint density at radius 2 is 1.79 bits per heavy atom. The normalized spacial score (nSPS) is 11.0. The highest BCUT2D eigenvalue weighted by Crippen LogP contribution is 2.27. The maximum Gasteiger partial charge on any atom is 0.272 e. The second kappa shape index (κ2) is 7.79. The lowest BCUT2D eigenvalue weighted by Crippen LogP contribution is -2.16. The first-order chi connectivity index (χ1) is 13.3. The lowest BCUT2D eigenvalue weighted by atomic mass is 10.1. The number of nitro groups is 1. The van der Waals surface area contributed by atoms with Gasteiger partial charge in [0, 0.05) is 17.2 Å². The molecule has 2 aromatic carbocycles. The third-order valence-electron chi connectivity index (χ3n) is 3.84. The first-order valence-electron chi connectivity index (χ1n) is 8.00. The smallest absolute Gasteiger partial charge is 0.272 e. The van der Waals surface area contributed by atoms with Crippen LogP contribution < -0.4 is 10.0 Å². The van der Waals surface area contributed by atoms with Crippen molar-refractivity contribution in [3.63, 3.8) is 0 Å². The van der Waals surface area contributed by atoms with E-state index in [0.717, 1.165) is 11.3 Å². The zero-order valence-corrected chi connectivity index (χ0v) is 16.2. The number of rotatable bonds is 6. The van der Waals surface area contributed by atoms with Crippen molar-refractivity contribution in [2.24, 2.45) is 0 Å². The largest absolute Gasteiger partial charge is 0.320 e. The first-order valence-corrected chi connectivity index (χ1v) is 10.4. The summed E-state index contributed by atoms with van der Waals surface area (Å²) in [6.45, 7) is 1.54. The number of aryl methyl sites for hydroxylation is 1. The molecule has 1 amide bonds. The number of thiophene rings is 1. The summed E-state index contributed by atoms with van der Waals surface area (Å²) in [4.78, 5) is 22.9. The van der Waals surface area contributed by atoms with Crippen molar-refractivity contribution in [1.29, 1.82) is 0 Å². The summed E-state index contributed by atoms with van der Waals surface area (Å²) in [5.74, 6) is -0.513. The molecular weight excluding hydrogens is 402 g/mol. The van der Waals surface area contributed by atoms with E-state index in [2.05, 4.69) is 10.0 Å². The van der Waals surface area contributed by atoms with E-state index in [1.807, 2.05) is 0 Å². The highest BCUT2D eigenvalue weighted by atomic mass is 32.2. The van der Waals surface area contributed by atoms with Gasteiger partial charge in [0.05, 0.1) is 16.3 Å². The molecule has 28 heavy (non-hydrogen) atoms. The number of anilines is 2. The van der Waals surface area contributed by atoms with E-state index in [-0.39, 0.29) is 26.8 Å². The number of hydrogen-bond donors (Lipinski definition) is 2. The van der Waals surface area contributed by atoms with Crippen molar-refractivity contribution in [3.05, 3.63) is 81.2 Å². The zero-order valence-electron chi connectivity index (χ0n) is 14.6. The van der Waals surface area contributed by atoms with Gasteiger partial charge in [0.25, 0.3) is 21.6 Å². The standard InChI is InChI=1S/C18H15N3O5S2/c1-12-11-13(8-9-16(12)21(23)24)18(22)19-14-5-2-3-6-15(14)20-28(25,26)17-7-4-10-27-17/h2-11,20H,1H3,(H,19,22). The number of carbonyl (C=O) groups excluding carboxylic acids is 1. The Labute approximate surface area is 165 Å². The van der Waals surface area contributed by atoms with Gasteiger partial charge in [-0.2, -0.15) is 0 Å². The fourth-order valence-corrected chi connectivity index (χ4v) is 4.56. The predicted octanol–water partition coefficient (Wildman–Crippen LogP) is 4.02. The number of carbonyl (C=O) groups is 1. The van der Waals surface area contributed by atoms with Gasteiger partial charge in [-0.3, -0.25) is 19.6 Å². The summed E-state index contributed by atoms with van der Waals surface area (Å²) >= 11 is 1.08. The molecule has 0 saturated heterocycles. The maximum absolute atomic E-state index is 12.5. The molecule has 0 saturated carbocycles. The van der Waals surface area contributed by atoms with Gasteiger partial charge in [0.2, 0.25) is 0 Å². The number of hydrogen-bond acceptors (Lipinski definition) is 6. The van der Waals surface area contributed by atoms with Crippen LogP contribution in [0, 0.1) is 17.0 Å². The Hall–Kier alpha value is -3.24. The maximum atomic E-state index is 12.5. The second-order valence-corrected chi connectivity index (χ2v) is 8.65. The molecule has 1 heterocycles. The van der Waals surface area contributed by atoms with E-state index in [4.69, 9.17) is 0 Å². The van der Waals surface area contributed by atoms with Gasteiger partial charge >= 0.3 is 0 Å². The monoisotopic (exact) mass is 417 g/mol. The van der Waals surface area contributed by atoms with Gasteiger partial charge < -0.3 is 5.32 Å². The first kappa shape index (κ1) is 19.5. The minimum atomic E-state index is -3.77. The molecule has 3 rings (SSSR count). The molecule has 2 N–H and O–H groups in total. The molecule has 0 aliphatic heterocycles. The molecule has 0 spiro atoms. The summed E-state index contributed by atoms with van der Waals surface area (Å²) in [5, 5.41) is 15.2. The van der Waals surface area contributed by atoms with E-state index in [0.29, 0.717) is 5.56 Å². The topological polar surface area (TPSA) is 118 Å². The lowest BCUT2D eigenvalue weighted by molar-refractivity contribution is -0.385. The van der Waals surface area contributed by atoms with E-state index in [1.54, 1.807) is 29.6 Å². The minimum Gasteiger partial charge on any atom is -0.320 e. The van der Waals surface area contributed by atoms with Crippen molar-refractivity contribution in [2.75, 3.05) is 10.0 Å². The van der Waals surface area contributed by atoms with Gasteiger partial charge in [0.15, 0.2) is 0 Å². The molecule has 8 nitrogen and oxygen atoms in total. The second-order valence-electron chi connectivity index (χ2n) is 5.80. The van der Waals surface area contributed by atoms with Crippen LogP contribution in [0.2, 0.25) is 0 Å². The number of nitrogens with one attached hydrogen (secondary N) is 2. The Balaban J connectivity index is 1.85. The molecule has 144 valence electrons. The van der Waals surface area contributed by atoms with Crippen LogP contribution in [0.25, 0.3) is 0 Å². The van der Waals surface area contributed by atoms with Crippen LogP contribution in [0.5, 0.6) is 0 Å². The Morgan fingerprint density at radius 3 is 2.39 bits per heavy atom. The van der Waals surface area contributed by atoms with Crippen LogP contribution in [0.1, 0.15) is 15.9 Å². The van der Waals surface area contributed by atoms with Crippen LogP contribution in [0.4, 0.5) is 17.1 Å². The average molecular weight is 417 g/mol. The van der Waals surface area contributed by atoms with Crippen molar-refractivity contribution in [1.82, 2.24) is 0 Å². The molecule has 3 aromatic rings. The lowest BCUT2D eigenvalue weighted by Gasteiger charge is -2.13. The van der Waals surface area contributed by atoms with Crippen LogP contribution in [0.3, 0.4) is 0 Å². The van der Waals surface area contributed by atoms with Crippen LogP contribution in [-0.4, -0.2) is 19.2 Å². The van der Waals surface area contributed by atoms with Crippen molar-refractivity contribution < 1.29 is 18.1 Å². The number of nitrogens with zero attached hydrogens (tertiary/aromatic N) is 1. The molecular formula is C18H15N3O5S2. The van der Waals surface area contributed by atoms with Gasteiger partial charge in [-0.1, -0.05) is 18.2 Å². The molecule has 0 bridgehead atoms. The van der Waals surface area contributed by atoms with Gasteiger partial charge in [-0.15, -0.1) is 11.3 Å². The Bertz CT molecular complexity index is 1140. The number of benzene rings is 2. The van der Waals surface area contributed by atoms with Crippen LogP contribution in [-0.2, 0) is 10.0 Å². The summed E-state index contributed by atoms with van der Waals surface area (Å²) < 4.78 is 27.5. The number of para-hydroxylation sites is 2. The fourth-order valence-electron chi connectivity index (χ4n) is 2.49. The molecule has 0 aliphatic carbocycles. The molecule has 10 heteroatoms. The Kier molecular flexibility index (Phi) is 5.43. The van der Waals surface area contributed by atoms with Crippen molar-refractivity contribution in [2.45, 2.75) is 11.1 Å². The average Bonchev–Trinajstić information content (AvgIpc) is 3.18. The fraction of sp³-hybridized carbons (Fsp3) is 0.0556. The molecule has 0 radical (unpaired) electrons. The number of sulfonamides is 1. The molecule has 0 fully saturated rings. The van der Waals surface area contributed by atoms with E-state index in [9.17, 15) is 23.3 Å². The third-order valence-corrected chi connectivity index (χ3v) is 6.60. The molecule has 0 aliphatic rings. The molecule has 0 atom stereocenters.